The molecule has 2 atom stereocenters. The Kier molecular flexibility index (Phi) is 3.97. The molecule has 2 aliphatic rings. The van der Waals surface area contributed by atoms with Crippen LogP contribution in [-0.4, -0.2) is 27.9 Å². The molecule has 2 unspecified atom stereocenters. The van der Waals surface area contributed by atoms with Gasteiger partial charge in [-0.25, -0.2) is 4.90 Å². The quantitative estimate of drug-likeness (QED) is 0.336. The van der Waals surface area contributed by atoms with Crippen LogP contribution in [0.25, 0.3) is 5.76 Å². The highest BCUT2D eigenvalue weighted by molar-refractivity contribution is 6.24. The van der Waals surface area contributed by atoms with Gasteiger partial charge in [0.2, 0.25) is 5.91 Å². The number of nitro groups is 1. The fourth-order valence-corrected chi connectivity index (χ4v) is 3.16. The largest absolute Gasteiger partial charge is 0.871 e. The second-order valence-corrected chi connectivity index (χ2v) is 6.19. The molecule has 2 aromatic rings. The van der Waals surface area contributed by atoms with Gasteiger partial charge in [0.25, 0.3) is 11.6 Å². The number of non-ortho nitro benzene ring substituents is 1. The summed E-state index contributed by atoms with van der Waals surface area (Å²) in [6.07, 6.45) is -1.20. The minimum Gasteiger partial charge on any atom is -0.871 e. The molecule has 0 radical (unpaired) electrons. The Labute approximate surface area is 157 Å². The molecule has 0 saturated carbocycles. The summed E-state index contributed by atoms with van der Waals surface area (Å²) in [5.74, 6) is -3.06. The van der Waals surface area contributed by atoms with Crippen molar-refractivity contribution in [3.8, 4) is 5.75 Å². The molecule has 2 aromatic carbocycles. The summed E-state index contributed by atoms with van der Waals surface area (Å²) in [4.78, 5) is 41.6. The van der Waals surface area contributed by atoms with Gasteiger partial charge in [0.15, 0.2) is 6.10 Å². The van der Waals surface area contributed by atoms with Crippen LogP contribution in [0.4, 0.5) is 11.4 Å². The molecule has 0 aliphatic carbocycles. The van der Waals surface area contributed by atoms with Crippen molar-refractivity contribution in [1.82, 2.24) is 5.48 Å². The number of carbonyl (C=O) groups excluding carboxylic acids is 2. The number of fused-ring (bicyclic) bond motifs is 1. The first-order valence-corrected chi connectivity index (χ1v) is 8.13. The predicted molar refractivity (Wildman–Crippen MR) is 92.1 cm³/mol. The van der Waals surface area contributed by atoms with Crippen molar-refractivity contribution in [2.24, 2.45) is 5.92 Å². The average molecular weight is 382 g/mol. The van der Waals surface area contributed by atoms with Crippen molar-refractivity contribution >= 4 is 28.9 Å². The Morgan fingerprint density at radius 2 is 1.71 bits per heavy atom. The Morgan fingerprint density at radius 3 is 2.32 bits per heavy atom. The summed E-state index contributed by atoms with van der Waals surface area (Å²) in [5.41, 5.74) is 2.42. The van der Waals surface area contributed by atoms with Crippen LogP contribution in [0.15, 0.2) is 54.2 Å². The Balaban J connectivity index is 1.69. The molecule has 0 spiro atoms. The van der Waals surface area contributed by atoms with E-state index in [-0.39, 0.29) is 28.4 Å². The topological polar surface area (TPSA) is 145 Å². The maximum atomic E-state index is 12.8. The van der Waals surface area contributed by atoms with Gasteiger partial charge in [-0.3, -0.25) is 30.0 Å². The number of amides is 2. The molecule has 2 saturated heterocycles. The Hall–Kier alpha value is -3.92. The van der Waals surface area contributed by atoms with Gasteiger partial charge < -0.3 is 10.2 Å². The lowest BCUT2D eigenvalue weighted by Crippen LogP contribution is -2.35. The van der Waals surface area contributed by atoms with Crippen molar-refractivity contribution in [3.63, 3.8) is 0 Å². The van der Waals surface area contributed by atoms with E-state index in [0.29, 0.717) is 0 Å². The van der Waals surface area contributed by atoms with Gasteiger partial charge in [-0.15, -0.1) is 0 Å². The van der Waals surface area contributed by atoms with E-state index in [0.717, 1.165) is 4.90 Å². The van der Waals surface area contributed by atoms with Gasteiger partial charge in [0.05, 0.1) is 10.6 Å². The first-order chi connectivity index (χ1) is 13.4. The van der Waals surface area contributed by atoms with Crippen molar-refractivity contribution < 1.29 is 29.6 Å². The number of anilines is 1. The first-order valence-electron chi connectivity index (χ1n) is 8.13. The number of phenolic OH excluding ortho intramolecular Hbond substituents is 1. The average Bonchev–Trinajstić information content (AvgIpc) is 3.23. The van der Waals surface area contributed by atoms with E-state index in [1.807, 2.05) is 0 Å². The third-order valence-electron chi connectivity index (χ3n) is 4.55. The summed E-state index contributed by atoms with van der Waals surface area (Å²) in [6.45, 7) is 0. The molecule has 28 heavy (non-hydrogen) atoms. The highest BCUT2D eigenvalue weighted by Gasteiger charge is 2.55. The van der Waals surface area contributed by atoms with E-state index < -0.39 is 34.5 Å². The molecular formula is C18H12N3O7-. The summed E-state index contributed by atoms with van der Waals surface area (Å²) in [7, 11) is 0. The molecule has 2 aliphatic heterocycles. The van der Waals surface area contributed by atoms with Crippen LogP contribution in [0, 0.1) is 16.0 Å². The molecule has 10 heteroatoms. The number of phenols is 1. The number of benzene rings is 2. The molecule has 4 rings (SSSR count). The molecule has 142 valence electrons. The number of hydrogen-bond acceptors (Lipinski definition) is 8. The van der Waals surface area contributed by atoms with E-state index in [1.165, 1.54) is 48.5 Å². The van der Waals surface area contributed by atoms with Crippen LogP contribution in [0.1, 0.15) is 5.56 Å². The van der Waals surface area contributed by atoms with Crippen LogP contribution in [0.2, 0.25) is 0 Å². The molecule has 2 amide bonds. The van der Waals surface area contributed by atoms with Crippen LogP contribution in [0.5, 0.6) is 5.75 Å². The minimum absolute atomic E-state index is 0.0263. The van der Waals surface area contributed by atoms with E-state index in [1.54, 1.807) is 0 Å². The monoisotopic (exact) mass is 382 g/mol. The second-order valence-electron chi connectivity index (χ2n) is 6.19. The van der Waals surface area contributed by atoms with Crippen LogP contribution < -0.4 is 15.5 Å². The number of aromatic hydroxyl groups is 1. The van der Waals surface area contributed by atoms with Crippen LogP contribution in [0.3, 0.4) is 0 Å². The van der Waals surface area contributed by atoms with Gasteiger partial charge in [0.1, 0.15) is 11.7 Å². The lowest BCUT2D eigenvalue weighted by Gasteiger charge is -2.20. The van der Waals surface area contributed by atoms with Crippen LogP contribution in [-0.2, 0) is 14.4 Å². The molecule has 2 N–H and O–H groups in total. The zero-order chi connectivity index (χ0) is 20.0. The third kappa shape index (κ3) is 2.63. The Bertz CT molecular complexity index is 1010. The third-order valence-corrected chi connectivity index (χ3v) is 4.55. The SMILES string of the molecule is O=C1C2ONC(=C([O-])c3ccc([N+](=O)[O-])cc3)C2C(=O)N1c1ccc(O)cc1. The highest BCUT2D eigenvalue weighted by Crippen LogP contribution is 2.37. The number of rotatable bonds is 3. The van der Waals surface area contributed by atoms with E-state index in [2.05, 4.69) is 5.48 Å². The number of hydrogen-bond donors (Lipinski definition) is 2. The maximum Gasteiger partial charge on any atom is 0.269 e. The number of nitrogens with zero attached hydrogens (tertiary/aromatic N) is 2. The van der Waals surface area contributed by atoms with E-state index in [9.17, 15) is 29.9 Å². The zero-order valence-corrected chi connectivity index (χ0v) is 14.1. The van der Waals surface area contributed by atoms with E-state index >= 15 is 0 Å². The fraction of sp³-hybridized carbons (Fsp3) is 0.111. The lowest BCUT2D eigenvalue weighted by atomic mass is 9.99. The molecule has 0 bridgehead atoms. The maximum absolute atomic E-state index is 12.8. The predicted octanol–water partition coefficient (Wildman–Crippen LogP) is 0.422. The van der Waals surface area contributed by atoms with Gasteiger partial charge in [-0.1, -0.05) is 5.76 Å². The zero-order valence-electron chi connectivity index (χ0n) is 14.1. The van der Waals surface area contributed by atoms with Crippen molar-refractivity contribution in [2.45, 2.75) is 6.10 Å². The van der Waals surface area contributed by atoms with Gasteiger partial charge in [-0.2, -0.15) is 0 Å². The number of nitrogens with one attached hydrogen (secondary N) is 1. The molecule has 0 aromatic heterocycles. The summed E-state index contributed by atoms with van der Waals surface area (Å²) < 4.78 is 0. The Morgan fingerprint density at radius 1 is 1.07 bits per heavy atom. The van der Waals surface area contributed by atoms with Gasteiger partial charge in [0, 0.05) is 17.8 Å². The second kappa shape index (κ2) is 6.35. The molecule has 2 heterocycles. The lowest BCUT2D eigenvalue weighted by molar-refractivity contribution is -0.384. The van der Waals surface area contributed by atoms with Crippen molar-refractivity contribution in [1.29, 1.82) is 0 Å². The highest BCUT2D eigenvalue weighted by atomic mass is 16.7. The standard InChI is InChI=1S/C18H13N3O7/c22-12-7-5-10(6-8-12)20-17(24)13-14(19-28-16(13)18(20)25)15(23)9-1-3-11(4-2-9)21(26)27/h1-8,13,16,19,22-23H/p-1. The number of carbonyl (C=O) groups is 2. The molecular weight excluding hydrogens is 370 g/mol. The fourth-order valence-electron chi connectivity index (χ4n) is 3.16. The summed E-state index contributed by atoms with van der Waals surface area (Å²) in [5, 5.41) is 32.9. The van der Waals surface area contributed by atoms with E-state index in [4.69, 9.17) is 4.84 Å². The number of nitro benzene ring substituents is 1. The number of imide groups is 1. The van der Waals surface area contributed by atoms with Gasteiger partial charge in [-0.05, 0) is 42.0 Å². The number of hydroxylamine groups is 1. The molecule has 2 fully saturated rings. The first kappa shape index (κ1) is 17.5. The molecule has 10 nitrogen and oxygen atoms in total. The normalized spacial score (nSPS) is 22.8. The smallest absolute Gasteiger partial charge is 0.269 e. The minimum atomic E-state index is -1.20. The van der Waals surface area contributed by atoms with Crippen molar-refractivity contribution in [2.75, 3.05) is 4.90 Å². The summed E-state index contributed by atoms with van der Waals surface area (Å²) in [6, 6.07) is 10.3. The van der Waals surface area contributed by atoms with Gasteiger partial charge >= 0.3 is 0 Å². The van der Waals surface area contributed by atoms with Crippen molar-refractivity contribution in [3.05, 3.63) is 69.9 Å². The summed E-state index contributed by atoms with van der Waals surface area (Å²) >= 11 is 0. The van der Waals surface area contributed by atoms with Crippen LogP contribution >= 0.6 is 0 Å².